The molecule has 4 rings (SSSR count). The van der Waals surface area contributed by atoms with Crippen LogP contribution in [-0.4, -0.2) is 17.7 Å². The van der Waals surface area contributed by atoms with E-state index in [0.29, 0.717) is 12.1 Å². The Morgan fingerprint density at radius 3 is 1.54 bits per heavy atom. The number of para-hydroxylation sites is 1. The van der Waals surface area contributed by atoms with Crippen molar-refractivity contribution in [2.24, 2.45) is 4.99 Å². The molecule has 1 aliphatic rings. The van der Waals surface area contributed by atoms with E-state index >= 15 is 0 Å². The van der Waals surface area contributed by atoms with Crippen LogP contribution < -0.4 is 0 Å². The number of likely N-dealkylation sites (tertiary alicyclic amines) is 1. The summed E-state index contributed by atoms with van der Waals surface area (Å²) in [6, 6.07) is 32.6. The lowest BCUT2D eigenvalue weighted by Gasteiger charge is -2.41. The van der Waals surface area contributed by atoms with Crippen molar-refractivity contribution < 1.29 is 0 Å². The number of benzene rings is 3. The Morgan fingerprint density at radius 1 is 0.654 bits per heavy atom. The smallest absolute Gasteiger partial charge is 0.0629 e. The number of hydrogen-bond acceptors (Lipinski definition) is 2. The Labute approximate surface area is 155 Å². The lowest BCUT2D eigenvalue weighted by atomic mass is 9.87. The van der Waals surface area contributed by atoms with E-state index in [2.05, 4.69) is 96.9 Å². The van der Waals surface area contributed by atoms with Crippen LogP contribution in [0.2, 0.25) is 0 Å². The van der Waals surface area contributed by atoms with Gasteiger partial charge in [0.2, 0.25) is 0 Å². The highest BCUT2D eigenvalue weighted by atomic mass is 15.2. The molecule has 1 saturated heterocycles. The van der Waals surface area contributed by atoms with Gasteiger partial charge in [0.1, 0.15) is 0 Å². The van der Waals surface area contributed by atoms with Crippen LogP contribution in [0.1, 0.15) is 36.1 Å². The Bertz CT molecular complexity index is 805. The van der Waals surface area contributed by atoms with Gasteiger partial charge in [0.25, 0.3) is 0 Å². The van der Waals surface area contributed by atoms with Crippen LogP contribution in [0.5, 0.6) is 0 Å². The first kappa shape index (κ1) is 16.7. The maximum atomic E-state index is 4.99. The second-order valence-corrected chi connectivity index (χ2v) is 6.94. The maximum Gasteiger partial charge on any atom is 0.0629 e. The van der Waals surface area contributed by atoms with Crippen LogP contribution in [0, 0.1) is 0 Å². The van der Waals surface area contributed by atoms with Gasteiger partial charge in [0.05, 0.1) is 5.69 Å². The molecular formula is C24H24N2. The Morgan fingerprint density at radius 2 is 1.08 bits per heavy atom. The number of rotatable bonds is 3. The van der Waals surface area contributed by atoms with Gasteiger partial charge in [-0.25, -0.2) is 0 Å². The fourth-order valence-corrected chi connectivity index (χ4v) is 3.87. The average molecular weight is 340 g/mol. The summed E-state index contributed by atoms with van der Waals surface area (Å²) in [6.45, 7) is 0. The van der Waals surface area contributed by atoms with E-state index in [1.807, 2.05) is 6.07 Å². The summed E-state index contributed by atoms with van der Waals surface area (Å²) in [7, 11) is 2.24. The summed E-state index contributed by atoms with van der Waals surface area (Å²) in [5.74, 6) is 0. The molecule has 0 spiro atoms. The van der Waals surface area contributed by atoms with Crippen LogP contribution in [0.15, 0.2) is 96.0 Å². The first-order valence-electron chi connectivity index (χ1n) is 9.24. The molecule has 2 heteroatoms. The molecule has 0 amide bonds. The van der Waals surface area contributed by atoms with Crippen molar-refractivity contribution in [1.82, 2.24) is 4.90 Å². The molecule has 130 valence electrons. The molecule has 2 atom stereocenters. The fraction of sp³-hybridized carbons (Fsp3) is 0.208. The summed E-state index contributed by atoms with van der Waals surface area (Å²) in [5, 5.41) is 0. The van der Waals surface area contributed by atoms with E-state index in [4.69, 9.17) is 4.99 Å². The second kappa shape index (κ2) is 7.67. The Kier molecular flexibility index (Phi) is 4.94. The van der Waals surface area contributed by atoms with Crippen molar-refractivity contribution >= 4 is 11.4 Å². The molecule has 0 radical (unpaired) electrons. The van der Waals surface area contributed by atoms with Crippen molar-refractivity contribution in [3.63, 3.8) is 0 Å². The summed E-state index contributed by atoms with van der Waals surface area (Å²) in [6.07, 6.45) is 1.94. The van der Waals surface area contributed by atoms with Gasteiger partial charge in [-0.15, -0.1) is 0 Å². The highest BCUT2D eigenvalue weighted by Gasteiger charge is 2.32. The first-order chi connectivity index (χ1) is 12.8. The molecule has 0 saturated carbocycles. The quantitative estimate of drug-likeness (QED) is 0.574. The van der Waals surface area contributed by atoms with Crippen molar-refractivity contribution in [2.45, 2.75) is 24.9 Å². The number of aliphatic imine (C=N–C) groups is 1. The summed E-state index contributed by atoms with van der Waals surface area (Å²) in [4.78, 5) is 7.50. The van der Waals surface area contributed by atoms with E-state index in [1.165, 1.54) is 16.8 Å². The Hall–Kier alpha value is -2.71. The van der Waals surface area contributed by atoms with Gasteiger partial charge in [-0.3, -0.25) is 9.89 Å². The zero-order chi connectivity index (χ0) is 17.8. The van der Waals surface area contributed by atoms with Crippen LogP contribution in [0.25, 0.3) is 0 Å². The number of nitrogens with zero attached hydrogens (tertiary/aromatic N) is 2. The molecule has 0 unspecified atom stereocenters. The molecule has 3 aromatic carbocycles. The number of hydrogen-bond donors (Lipinski definition) is 0. The molecular weight excluding hydrogens is 316 g/mol. The van der Waals surface area contributed by atoms with Crippen LogP contribution in [0.4, 0.5) is 5.69 Å². The highest BCUT2D eigenvalue weighted by Crippen LogP contribution is 2.39. The van der Waals surface area contributed by atoms with Gasteiger partial charge in [-0.1, -0.05) is 78.9 Å². The molecule has 0 N–H and O–H groups in total. The van der Waals surface area contributed by atoms with E-state index in [9.17, 15) is 0 Å². The van der Waals surface area contributed by atoms with E-state index in [0.717, 1.165) is 18.5 Å². The third-order valence-corrected chi connectivity index (χ3v) is 5.25. The molecule has 0 aliphatic carbocycles. The predicted octanol–water partition coefficient (Wildman–Crippen LogP) is 5.97. The van der Waals surface area contributed by atoms with E-state index in [1.54, 1.807) is 0 Å². The van der Waals surface area contributed by atoms with E-state index < -0.39 is 0 Å². The lowest BCUT2D eigenvalue weighted by Crippen LogP contribution is -2.37. The minimum absolute atomic E-state index is 0.345. The first-order valence-corrected chi connectivity index (χ1v) is 9.24. The molecule has 3 aromatic rings. The lowest BCUT2D eigenvalue weighted by molar-refractivity contribution is 0.163. The summed E-state index contributed by atoms with van der Waals surface area (Å²) < 4.78 is 0. The third-order valence-electron chi connectivity index (χ3n) is 5.25. The minimum Gasteiger partial charge on any atom is -0.292 e. The normalized spacial score (nSPS) is 20.7. The van der Waals surface area contributed by atoms with Gasteiger partial charge in [-0.05, 0) is 30.3 Å². The highest BCUT2D eigenvalue weighted by molar-refractivity contribution is 5.89. The zero-order valence-electron chi connectivity index (χ0n) is 15.1. The second-order valence-electron chi connectivity index (χ2n) is 6.94. The predicted molar refractivity (Wildman–Crippen MR) is 109 cm³/mol. The largest absolute Gasteiger partial charge is 0.292 e. The average Bonchev–Trinajstić information content (AvgIpc) is 2.71. The fourth-order valence-electron chi connectivity index (χ4n) is 3.87. The summed E-state index contributed by atoms with van der Waals surface area (Å²) >= 11 is 0. The standard InChI is InChI=1S/C24H24N2/c1-26-23(19-11-5-2-6-12-19)17-22(25-21-15-9-4-10-16-21)18-24(26)20-13-7-3-8-14-20/h2-16,23-24H,17-18H2,1H3/t23-,24-/m0/s1. The van der Waals surface area contributed by atoms with Crippen molar-refractivity contribution in [3.05, 3.63) is 102 Å². The van der Waals surface area contributed by atoms with Crippen molar-refractivity contribution in [1.29, 1.82) is 0 Å². The van der Waals surface area contributed by atoms with Gasteiger partial charge >= 0.3 is 0 Å². The molecule has 26 heavy (non-hydrogen) atoms. The van der Waals surface area contributed by atoms with Gasteiger partial charge in [0, 0.05) is 30.6 Å². The maximum absolute atomic E-state index is 4.99. The van der Waals surface area contributed by atoms with Gasteiger partial charge in [0.15, 0.2) is 0 Å². The molecule has 1 fully saturated rings. The summed E-state index contributed by atoms with van der Waals surface area (Å²) in [5.41, 5.74) is 5.04. The van der Waals surface area contributed by atoms with Gasteiger partial charge in [-0.2, -0.15) is 0 Å². The monoisotopic (exact) mass is 340 g/mol. The molecule has 1 heterocycles. The van der Waals surface area contributed by atoms with Crippen molar-refractivity contribution in [3.8, 4) is 0 Å². The van der Waals surface area contributed by atoms with Gasteiger partial charge < -0.3 is 0 Å². The molecule has 0 aromatic heterocycles. The van der Waals surface area contributed by atoms with Crippen LogP contribution in [0.3, 0.4) is 0 Å². The zero-order valence-corrected chi connectivity index (χ0v) is 15.1. The van der Waals surface area contributed by atoms with Crippen LogP contribution >= 0.6 is 0 Å². The third kappa shape index (κ3) is 3.61. The SMILES string of the molecule is CN1[C@H](c2ccccc2)CC(=Nc2ccccc2)C[C@H]1c1ccccc1. The topological polar surface area (TPSA) is 15.6 Å². The molecule has 2 nitrogen and oxygen atoms in total. The Balaban J connectivity index is 1.72. The van der Waals surface area contributed by atoms with E-state index in [-0.39, 0.29) is 0 Å². The molecule has 1 aliphatic heterocycles. The van der Waals surface area contributed by atoms with Crippen molar-refractivity contribution in [2.75, 3.05) is 7.05 Å². The minimum atomic E-state index is 0.345. The van der Waals surface area contributed by atoms with Crippen LogP contribution in [-0.2, 0) is 0 Å². The molecule has 0 bridgehead atoms. The number of piperidine rings is 1.